The smallest absolute Gasteiger partial charge is 0.258 e. The third-order valence-corrected chi connectivity index (χ3v) is 2.78. The van der Waals surface area contributed by atoms with Gasteiger partial charge in [-0.1, -0.05) is 41.9 Å². The Morgan fingerprint density at radius 2 is 1.65 bits per heavy atom. The van der Waals surface area contributed by atoms with Gasteiger partial charge >= 0.3 is 0 Å². The van der Waals surface area contributed by atoms with Gasteiger partial charge in [-0.25, -0.2) is 0 Å². The van der Waals surface area contributed by atoms with Crippen molar-refractivity contribution in [2.45, 2.75) is 0 Å². The van der Waals surface area contributed by atoms with Crippen molar-refractivity contribution in [1.29, 1.82) is 5.26 Å². The Morgan fingerprint density at radius 1 is 0.957 bits per heavy atom. The molecule has 0 aliphatic rings. The molecule has 0 aromatic heterocycles. The summed E-state index contributed by atoms with van der Waals surface area (Å²) in [5.74, 6) is 11.2. The number of hydrogen-bond donors (Lipinski definition) is 0. The molecule has 108 valence electrons. The number of allylic oxidation sites excluding steroid dienone is 2. The first-order valence-electron chi connectivity index (χ1n) is 6.62. The molecule has 0 N–H and O–H groups in total. The standard InChI is InChI=1S/C19H10N2O2/c20-15-18-12-6-5-11-17(18)10-4-2-1-3-8-16-9-7-13-19(14-16)21(22)23/h1-2,5-7,9,11-14H. The third kappa shape index (κ3) is 4.60. The van der Waals surface area contributed by atoms with Crippen LogP contribution < -0.4 is 0 Å². The Hall–Kier alpha value is -3.81. The molecule has 0 amide bonds. The average Bonchev–Trinajstić information content (AvgIpc) is 2.58. The monoisotopic (exact) mass is 298 g/mol. The van der Waals surface area contributed by atoms with Gasteiger partial charge in [-0.15, -0.1) is 0 Å². The number of nitro benzene ring substituents is 1. The summed E-state index contributed by atoms with van der Waals surface area (Å²) in [5.41, 5.74) is 1.75. The number of non-ortho nitro benzene ring substituents is 1. The molecule has 0 spiro atoms. The van der Waals surface area contributed by atoms with Crippen LogP contribution >= 0.6 is 0 Å². The molecule has 0 radical (unpaired) electrons. The summed E-state index contributed by atoms with van der Waals surface area (Å²) in [6, 6.07) is 15.3. The molecule has 0 saturated carbocycles. The zero-order valence-electron chi connectivity index (χ0n) is 12.0. The lowest BCUT2D eigenvalue weighted by Gasteiger charge is -1.91. The Morgan fingerprint density at radius 3 is 2.35 bits per heavy atom. The summed E-state index contributed by atoms with van der Waals surface area (Å²) < 4.78 is 0. The maximum Gasteiger partial charge on any atom is 0.270 e. The van der Waals surface area contributed by atoms with Crippen molar-refractivity contribution in [3.63, 3.8) is 0 Å². The SMILES string of the molecule is N#Cc1ccccc1C#CC=CC#Cc1cccc([N+](=O)[O-])c1. The van der Waals surface area contributed by atoms with Crippen molar-refractivity contribution in [2.75, 3.05) is 0 Å². The molecule has 0 fully saturated rings. The second-order valence-electron chi connectivity index (χ2n) is 4.34. The fourth-order valence-electron chi connectivity index (χ4n) is 1.71. The lowest BCUT2D eigenvalue weighted by atomic mass is 10.1. The molecule has 2 rings (SSSR count). The molecule has 0 heterocycles. The molecule has 0 aliphatic heterocycles. The molecule has 0 unspecified atom stereocenters. The molecule has 4 nitrogen and oxygen atoms in total. The zero-order valence-corrected chi connectivity index (χ0v) is 12.0. The highest BCUT2D eigenvalue weighted by atomic mass is 16.6. The average molecular weight is 298 g/mol. The van der Waals surface area contributed by atoms with Gasteiger partial charge in [0, 0.05) is 23.3 Å². The normalized spacial score (nSPS) is 9.17. The molecule has 2 aromatic carbocycles. The van der Waals surface area contributed by atoms with E-state index in [-0.39, 0.29) is 5.69 Å². The predicted octanol–water partition coefficient (Wildman–Crippen LogP) is 3.43. The van der Waals surface area contributed by atoms with Crippen LogP contribution in [0.15, 0.2) is 60.7 Å². The van der Waals surface area contributed by atoms with Crippen LogP contribution in [0.3, 0.4) is 0 Å². The largest absolute Gasteiger partial charge is 0.270 e. The Balaban J connectivity index is 2.07. The van der Waals surface area contributed by atoms with E-state index in [1.54, 1.807) is 42.5 Å². The minimum absolute atomic E-state index is 0.00804. The van der Waals surface area contributed by atoms with Crippen LogP contribution in [0, 0.1) is 45.1 Å². The summed E-state index contributed by atoms with van der Waals surface area (Å²) in [7, 11) is 0. The van der Waals surface area contributed by atoms with E-state index < -0.39 is 4.92 Å². The first-order valence-corrected chi connectivity index (χ1v) is 6.62. The quantitative estimate of drug-likeness (QED) is 0.460. The van der Waals surface area contributed by atoms with Gasteiger partial charge in [0.2, 0.25) is 0 Å². The third-order valence-electron chi connectivity index (χ3n) is 2.78. The second kappa shape index (κ2) is 7.84. The number of rotatable bonds is 1. The van der Waals surface area contributed by atoms with Crippen molar-refractivity contribution < 1.29 is 4.92 Å². The van der Waals surface area contributed by atoms with Crippen LogP contribution in [0.1, 0.15) is 16.7 Å². The number of benzene rings is 2. The van der Waals surface area contributed by atoms with Crippen LogP contribution in [0.2, 0.25) is 0 Å². The summed E-state index contributed by atoms with van der Waals surface area (Å²) >= 11 is 0. The number of nitrogens with zero attached hydrogens (tertiary/aromatic N) is 2. The Kier molecular flexibility index (Phi) is 5.31. The van der Waals surface area contributed by atoms with E-state index in [2.05, 4.69) is 29.8 Å². The van der Waals surface area contributed by atoms with E-state index in [1.165, 1.54) is 12.1 Å². The molecule has 0 saturated heterocycles. The number of nitriles is 1. The maximum absolute atomic E-state index is 10.7. The molecule has 0 atom stereocenters. The molecule has 0 bridgehead atoms. The highest BCUT2D eigenvalue weighted by Gasteiger charge is 2.03. The van der Waals surface area contributed by atoms with Gasteiger partial charge < -0.3 is 0 Å². The van der Waals surface area contributed by atoms with E-state index in [1.807, 2.05) is 6.07 Å². The minimum atomic E-state index is -0.459. The predicted molar refractivity (Wildman–Crippen MR) is 87.1 cm³/mol. The first-order chi connectivity index (χ1) is 11.2. The van der Waals surface area contributed by atoms with Gasteiger partial charge in [0.05, 0.1) is 10.5 Å². The molecule has 23 heavy (non-hydrogen) atoms. The van der Waals surface area contributed by atoms with Crippen molar-refractivity contribution in [2.24, 2.45) is 0 Å². The van der Waals surface area contributed by atoms with Crippen LogP contribution in [-0.2, 0) is 0 Å². The van der Waals surface area contributed by atoms with Crippen LogP contribution in [0.5, 0.6) is 0 Å². The summed E-state index contributed by atoms with van der Waals surface area (Å²) in [4.78, 5) is 10.2. The molecule has 2 aromatic rings. The van der Waals surface area contributed by atoms with Crippen molar-refractivity contribution >= 4 is 5.69 Å². The van der Waals surface area contributed by atoms with E-state index in [4.69, 9.17) is 5.26 Å². The van der Waals surface area contributed by atoms with E-state index in [0.717, 1.165) is 0 Å². The van der Waals surface area contributed by atoms with Crippen molar-refractivity contribution in [3.8, 4) is 29.8 Å². The van der Waals surface area contributed by atoms with E-state index >= 15 is 0 Å². The number of hydrogen-bond acceptors (Lipinski definition) is 3. The summed E-state index contributed by atoms with van der Waals surface area (Å²) in [6.07, 6.45) is 3.12. The molecule has 0 aliphatic carbocycles. The summed E-state index contributed by atoms with van der Waals surface area (Å²) in [5, 5.41) is 19.6. The number of nitro groups is 1. The molecular formula is C19H10N2O2. The Bertz CT molecular complexity index is 929. The minimum Gasteiger partial charge on any atom is -0.258 e. The highest BCUT2D eigenvalue weighted by molar-refractivity contribution is 5.49. The fraction of sp³-hybridized carbons (Fsp3) is 0. The van der Waals surface area contributed by atoms with Crippen LogP contribution in [0.25, 0.3) is 0 Å². The molecule has 4 heteroatoms. The first kappa shape index (κ1) is 15.6. The lowest BCUT2D eigenvalue weighted by Crippen LogP contribution is -1.87. The summed E-state index contributed by atoms with van der Waals surface area (Å²) in [6.45, 7) is 0. The maximum atomic E-state index is 10.7. The van der Waals surface area contributed by atoms with Gasteiger partial charge in [0.15, 0.2) is 0 Å². The van der Waals surface area contributed by atoms with Gasteiger partial charge in [-0.2, -0.15) is 5.26 Å². The lowest BCUT2D eigenvalue weighted by molar-refractivity contribution is -0.384. The van der Waals surface area contributed by atoms with Crippen molar-refractivity contribution in [1.82, 2.24) is 0 Å². The van der Waals surface area contributed by atoms with Gasteiger partial charge in [-0.05, 0) is 30.4 Å². The van der Waals surface area contributed by atoms with Gasteiger partial charge in [0.25, 0.3) is 5.69 Å². The van der Waals surface area contributed by atoms with Crippen molar-refractivity contribution in [3.05, 3.63) is 87.5 Å². The van der Waals surface area contributed by atoms with Crippen LogP contribution in [-0.4, -0.2) is 4.92 Å². The Labute approximate surface area is 133 Å². The molecular weight excluding hydrogens is 288 g/mol. The second-order valence-corrected chi connectivity index (χ2v) is 4.34. The van der Waals surface area contributed by atoms with Crippen LogP contribution in [0.4, 0.5) is 5.69 Å². The highest BCUT2D eigenvalue weighted by Crippen LogP contribution is 2.11. The van der Waals surface area contributed by atoms with Gasteiger partial charge in [0.1, 0.15) is 6.07 Å². The van der Waals surface area contributed by atoms with E-state index in [0.29, 0.717) is 16.7 Å². The van der Waals surface area contributed by atoms with Gasteiger partial charge in [-0.3, -0.25) is 10.1 Å². The topological polar surface area (TPSA) is 66.9 Å². The van der Waals surface area contributed by atoms with E-state index in [9.17, 15) is 10.1 Å². The zero-order chi connectivity index (χ0) is 16.5. The fourth-order valence-corrected chi connectivity index (χ4v) is 1.71.